The Morgan fingerprint density at radius 1 is 1.32 bits per heavy atom. The van der Waals surface area contributed by atoms with Crippen molar-refractivity contribution in [3.8, 4) is 5.75 Å². The molecule has 0 fully saturated rings. The number of hydrogen-bond donors (Lipinski definition) is 3. The molecule has 0 atom stereocenters. The molecule has 1 aromatic carbocycles. The minimum absolute atomic E-state index is 0.0576. The molecule has 1 amide bonds. The van der Waals surface area contributed by atoms with E-state index in [4.69, 9.17) is 0 Å². The van der Waals surface area contributed by atoms with Gasteiger partial charge in [-0.1, -0.05) is 15.9 Å². The van der Waals surface area contributed by atoms with E-state index in [1.54, 1.807) is 33.2 Å². The molecule has 2 aromatic rings. The van der Waals surface area contributed by atoms with Crippen molar-refractivity contribution in [3.63, 3.8) is 0 Å². The smallest absolute Gasteiger partial charge is 0.274 e. The fraction of sp³-hybridized carbons (Fsp3) is 0.214. The first-order valence-corrected chi connectivity index (χ1v) is 8.35. The summed E-state index contributed by atoms with van der Waals surface area (Å²) in [7, 11) is 3.38. The normalized spacial score (nSPS) is 10.1. The summed E-state index contributed by atoms with van der Waals surface area (Å²) in [5, 5.41) is 21.1. The van der Waals surface area contributed by atoms with E-state index in [0.29, 0.717) is 10.0 Å². The Morgan fingerprint density at radius 2 is 1.96 bits per heavy atom. The van der Waals surface area contributed by atoms with E-state index in [2.05, 4.69) is 57.6 Å². The molecule has 0 spiro atoms. The summed E-state index contributed by atoms with van der Waals surface area (Å²) in [6.07, 6.45) is 2.14. The van der Waals surface area contributed by atoms with Crippen LogP contribution in [0.25, 0.3) is 0 Å². The summed E-state index contributed by atoms with van der Waals surface area (Å²) < 4.78 is 1.32. The number of amides is 1. The maximum Gasteiger partial charge on any atom is 0.274 e. The van der Waals surface area contributed by atoms with Gasteiger partial charge in [-0.25, -0.2) is 5.43 Å². The van der Waals surface area contributed by atoms with E-state index in [1.165, 1.54) is 11.1 Å². The predicted octanol–water partition coefficient (Wildman–Crippen LogP) is 1.85. The number of nitrogens with one attached hydrogen (secondary N) is 2. The number of hydrogen-bond acceptors (Lipinski definition) is 7. The van der Waals surface area contributed by atoms with Crippen LogP contribution in [0, 0.1) is 6.92 Å². The topological polar surface area (TPSA) is 124 Å². The molecule has 3 N–H and O–H groups in total. The van der Waals surface area contributed by atoms with Crippen molar-refractivity contribution < 1.29 is 9.90 Å². The minimum Gasteiger partial charge on any atom is -0.506 e. The number of nitrogens with zero attached hydrogens (tertiary/aromatic N) is 4. The van der Waals surface area contributed by atoms with Gasteiger partial charge in [-0.3, -0.25) is 14.6 Å². The molecule has 0 aliphatic rings. The highest BCUT2D eigenvalue weighted by Gasteiger charge is 2.05. The van der Waals surface area contributed by atoms with E-state index >= 15 is 0 Å². The van der Waals surface area contributed by atoms with Crippen molar-refractivity contribution in [1.82, 2.24) is 20.1 Å². The summed E-state index contributed by atoms with van der Waals surface area (Å²) >= 11 is 6.53. The number of aromatic amines is 1. The molecule has 0 radical (unpaired) electrons. The van der Waals surface area contributed by atoms with Gasteiger partial charge in [0, 0.05) is 24.1 Å². The molecule has 11 heteroatoms. The molecule has 0 unspecified atom stereocenters. The molecule has 1 aromatic heterocycles. The van der Waals surface area contributed by atoms with Crippen molar-refractivity contribution in [3.05, 3.63) is 42.7 Å². The Kier molecular flexibility index (Phi) is 8.22. The molecular weight excluding hydrogens is 460 g/mol. The highest BCUT2D eigenvalue weighted by atomic mass is 79.9. The number of H-pyrrole nitrogens is 1. The van der Waals surface area contributed by atoms with E-state index in [-0.39, 0.29) is 23.0 Å². The van der Waals surface area contributed by atoms with Crippen molar-refractivity contribution in [1.29, 1.82) is 0 Å². The van der Waals surface area contributed by atoms with Gasteiger partial charge in [0.15, 0.2) is 0 Å². The lowest BCUT2D eigenvalue weighted by atomic mass is 10.2. The fourth-order valence-electron chi connectivity index (χ4n) is 1.29. The van der Waals surface area contributed by atoms with Crippen molar-refractivity contribution in [2.24, 2.45) is 5.10 Å². The Bertz CT molecular complexity index is 823. The summed E-state index contributed by atoms with van der Waals surface area (Å²) in [6, 6.07) is 3.40. The molecule has 2 rings (SSSR count). The number of aromatic hydroxyl groups is 1. The predicted molar refractivity (Wildman–Crippen MR) is 102 cm³/mol. The van der Waals surface area contributed by atoms with Crippen LogP contribution in [0.2, 0.25) is 0 Å². The number of rotatable bonds is 4. The van der Waals surface area contributed by atoms with Crippen LogP contribution in [0.4, 0.5) is 5.95 Å². The third-order valence-electron chi connectivity index (χ3n) is 2.50. The van der Waals surface area contributed by atoms with E-state index in [9.17, 15) is 14.7 Å². The van der Waals surface area contributed by atoms with Gasteiger partial charge in [-0.15, -0.1) is 10.2 Å². The van der Waals surface area contributed by atoms with Gasteiger partial charge in [-0.05, 0) is 35.0 Å². The number of phenolic OH excluding ortho intramolecular Hbond substituents is 1. The average molecular weight is 476 g/mol. The van der Waals surface area contributed by atoms with Gasteiger partial charge < -0.3 is 10.0 Å². The second kappa shape index (κ2) is 9.89. The number of carbonyl (C=O) groups excluding carboxylic acids is 1. The van der Waals surface area contributed by atoms with Crippen LogP contribution in [0.15, 0.2) is 31.0 Å². The monoisotopic (exact) mass is 474 g/mol. The summed E-state index contributed by atoms with van der Waals surface area (Å²) in [5.41, 5.74) is 2.94. The molecule has 0 aliphatic carbocycles. The van der Waals surface area contributed by atoms with Crippen LogP contribution in [0.3, 0.4) is 0 Å². The first-order chi connectivity index (χ1) is 11.7. The lowest BCUT2D eigenvalue weighted by Crippen LogP contribution is -2.15. The third-order valence-corrected chi connectivity index (χ3v) is 3.57. The Morgan fingerprint density at radius 3 is 2.52 bits per heavy atom. The van der Waals surface area contributed by atoms with Crippen molar-refractivity contribution >= 4 is 50.4 Å². The number of aromatic nitrogens is 3. The zero-order chi connectivity index (χ0) is 19.0. The molecule has 134 valence electrons. The first kappa shape index (κ1) is 20.8. The highest BCUT2D eigenvalue weighted by molar-refractivity contribution is 9.11. The Labute approximate surface area is 160 Å². The molecule has 0 saturated carbocycles. The summed E-state index contributed by atoms with van der Waals surface area (Å²) in [4.78, 5) is 24.7. The number of halogens is 2. The van der Waals surface area contributed by atoms with E-state index < -0.39 is 0 Å². The van der Waals surface area contributed by atoms with Gasteiger partial charge in [0.2, 0.25) is 12.4 Å². The Hall–Kier alpha value is -2.27. The third kappa shape index (κ3) is 7.01. The standard InChI is InChI=1S/C11H9Br2N5O2.C3H7NO/c1-5-10(20)15-11(18-16-5)17-14-4-6-2-7(12)3-8(13)9(6)19;1-4(2)3-5/h2-4,19H,1H3,(H2,15,17,18,20);3H,1-2H3/b14-4+;. The van der Waals surface area contributed by atoms with Crippen molar-refractivity contribution in [2.75, 3.05) is 19.5 Å². The van der Waals surface area contributed by atoms with E-state index in [1.807, 2.05) is 0 Å². The SMILES string of the molecule is CN(C)C=O.Cc1nnc(N/N=C/c2cc(Br)cc(Br)c2O)[nH]c1=O. The fourth-order valence-corrected chi connectivity index (χ4v) is 2.55. The largest absolute Gasteiger partial charge is 0.506 e. The van der Waals surface area contributed by atoms with Crippen LogP contribution >= 0.6 is 31.9 Å². The van der Waals surface area contributed by atoms with Gasteiger partial charge in [0.25, 0.3) is 5.56 Å². The molecule has 0 bridgehead atoms. The summed E-state index contributed by atoms with van der Waals surface area (Å²) in [5.74, 6) is 0.174. The van der Waals surface area contributed by atoms with E-state index in [0.717, 1.165) is 10.9 Å². The molecule has 25 heavy (non-hydrogen) atoms. The number of aryl methyl sites for hydroxylation is 1. The molecular formula is C14H16Br2N6O3. The molecule has 9 nitrogen and oxygen atoms in total. The number of phenols is 1. The average Bonchev–Trinajstić information content (AvgIpc) is 2.55. The van der Waals surface area contributed by atoms with Crippen LogP contribution in [-0.2, 0) is 4.79 Å². The van der Waals surface area contributed by atoms with Gasteiger partial charge in [0.05, 0.1) is 10.7 Å². The number of hydrazone groups is 1. The molecule has 0 saturated heterocycles. The number of benzene rings is 1. The maximum absolute atomic E-state index is 11.3. The van der Waals surface area contributed by atoms with Crippen LogP contribution < -0.4 is 11.0 Å². The second-order valence-corrected chi connectivity index (χ2v) is 6.62. The number of anilines is 1. The number of carbonyl (C=O) groups is 1. The zero-order valence-corrected chi connectivity index (χ0v) is 16.8. The summed E-state index contributed by atoms with van der Waals surface area (Å²) in [6.45, 7) is 1.55. The Balaban J connectivity index is 0.000000550. The highest BCUT2D eigenvalue weighted by Crippen LogP contribution is 2.30. The molecule has 1 heterocycles. The quantitative estimate of drug-likeness (QED) is 0.352. The minimum atomic E-state index is -0.342. The van der Waals surface area contributed by atoms with Crippen molar-refractivity contribution in [2.45, 2.75) is 6.92 Å². The van der Waals surface area contributed by atoms with Crippen LogP contribution in [0.1, 0.15) is 11.3 Å². The van der Waals surface area contributed by atoms with Gasteiger partial charge in [0.1, 0.15) is 11.4 Å². The maximum atomic E-state index is 11.3. The van der Waals surface area contributed by atoms with Gasteiger partial charge >= 0.3 is 0 Å². The lowest BCUT2D eigenvalue weighted by Gasteiger charge is -2.03. The zero-order valence-electron chi connectivity index (χ0n) is 13.6. The molecule has 0 aliphatic heterocycles. The first-order valence-electron chi connectivity index (χ1n) is 6.77. The lowest BCUT2D eigenvalue weighted by molar-refractivity contribution is -0.115. The van der Waals surface area contributed by atoms with Gasteiger partial charge in [-0.2, -0.15) is 5.10 Å². The van der Waals surface area contributed by atoms with Crippen LogP contribution in [0.5, 0.6) is 5.75 Å². The second-order valence-electron chi connectivity index (χ2n) is 4.85. The van der Waals surface area contributed by atoms with Crippen LogP contribution in [-0.4, -0.2) is 51.9 Å².